The molecule has 11 heteroatoms. The molecule has 8 nitrogen and oxygen atoms in total. The van der Waals surface area contributed by atoms with Crippen molar-refractivity contribution in [2.75, 3.05) is 5.32 Å². The summed E-state index contributed by atoms with van der Waals surface area (Å²) in [6, 6.07) is 16.6. The van der Waals surface area contributed by atoms with E-state index in [0.717, 1.165) is 6.07 Å². The van der Waals surface area contributed by atoms with Crippen LogP contribution < -0.4 is 9.67 Å². The second kappa shape index (κ2) is 9.40. The van der Waals surface area contributed by atoms with E-state index < -0.39 is 31.0 Å². The number of benzene rings is 3. The molecule has 3 N–H and O–H groups in total. The number of carbonyl (C=O) groups is 1. The van der Waals surface area contributed by atoms with Gasteiger partial charge in [-0.1, -0.05) is 18.2 Å². The molecule has 3 aromatic rings. The summed E-state index contributed by atoms with van der Waals surface area (Å²) in [4.78, 5) is 11.5. The van der Waals surface area contributed by atoms with Crippen LogP contribution in [0.25, 0.3) is 12.2 Å². The van der Waals surface area contributed by atoms with Gasteiger partial charge in [-0.05, 0) is 12.1 Å². The second-order valence-corrected chi connectivity index (χ2v) is 10.8. The first kappa shape index (κ1) is 23.9. The van der Waals surface area contributed by atoms with Gasteiger partial charge in [-0.15, -0.1) is 0 Å². The molecule has 0 saturated heterocycles. The molecule has 0 spiro atoms. The van der Waals surface area contributed by atoms with Crippen LogP contribution in [0.5, 0.6) is 0 Å². The van der Waals surface area contributed by atoms with E-state index in [2.05, 4.69) is 5.32 Å². The number of anilines is 1. The molecule has 0 aliphatic heterocycles. The predicted molar refractivity (Wildman–Crippen MR) is 124 cm³/mol. The smallest absolute Gasteiger partial charge is 0.0397 e. The summed E-state index contributed by atoms with van der Waals surface area (Å²) in [5.74, 6) is -0.464. The Labute approximate surface area is 194 Å². The zero-order valence-corrected chi connectivity index (χ0v) is 20.4. The van der Waals surface area contributed by atoms with Crippen LogP contribution in [-0.4, -0.2) is 48.7 Å². The molecule has 32 heavy (non-hydrogen) atoms. The van der Waals surface area contributed by atoms with Crippen LogP contribution in [0.1, 0.15) is 21.5 Å². The van der Waals surface area contributed by atoms with Crippen LogP contribution in [0, 0.1) is 0 Å². The van der Waals surface area contributed by atoms with Crippen molar-refractivity contribution in [2.45, 2.75) is 9.79 Å². The zero-order valence-electron chi connectivity index (χ0n) is 16.3. The SMILES string of the molecule is O=C(Nc1ccc(C=Cc2ccc([AsH2])cc2S(=O)(=O)O)c(S(=O)(=O)O)c1)c1ccccc1. The molecule has 3 rings (SSSR count). The molecule has 0 radical (unpaired) electrons. The third-order valence-corrected chi connectivity index (χ3v) is 6.92. The van der Waals surface area contributed by atoms with Crippen LogP contribution in [0.2, 0.25) is 0 Å². The summed E-state index contributed by atoms with van der Waals surface area (Å²) in [7, 11) is -9.18. The Bertz CT molecular complexity index is 1420. The van der Waals surface area contributed by atoms with E-state index in [9.17, 15) is 30.7 Å². The summed E-state index contributed by atoms with van der Waals surface area (Å²) in [5, 5.41) is 2.56. The Balaban J connectivity index is 1.99. The van der Waals surface area contributed by atoms with Gasteiger partial charge >= 0.3 is 154 Å². The van der Waals surface area contributed by atoms with Crippen molar-refractivity contribution in [2.24, 2.45) is 0 Å². The minimum absolute atomic E-state index is 0.0521. The third kappa shape index (κ3) is 5.93. The fourth-order valence-electron chi connectivity index (χ4n) is 2.86. The van der Waals surface area contributed by atoms with Crippen molar-refractivity contribution in [3.05, 3.63) is 83.4 Å². The zero-order chi connectivity index (χ0) is 23.5. The van der Waals surface area contributed by atoms with Gasteiger partial charge in [0.1, 0.15) is 0 Å². The van der Waals surface area contributed by atoms with Gasteiger partial charge in [0.05, 0.1) is 0 Å². The number of hydrogen-bond acceptors (Lipinski definition) is 5. The molecule has 1 amide bonds. The first-order valence-electron chi connectivity index (χ1n) is 8.98. The summed E-state index contributed by atoms with van der Waals surface area (Å²) in [6.45, 7) is 0. The van der Waals surface area contributed by atoms with Gasteiger partial charge < -0.3 is 0 Å². The number of hydrogen-bond donors (Lipinski definition) is 3. The molecule has 0 aliphatic rings. The number of carbonyl (C=O) groups excluding carboxylic acids is 1. The van der Waals surface area contributed by atoms with E-state index in [4.69, 9.17) is 0 Å². The fraction of sp³-hybridized carbons (Fsp3) is 0. The minimum Gasteiger partial charge on any atom is -0.0622 e. The molecular weight excluding hydrogens is 517 g/mol. The average Bonchev–Trinajstić information content (AvgIpc) is 2.72. The predicted octanol–water partition coefficient (Wildman–Crippen LogP) is 1.86. The molecule has 1 unspecified atom stereocenters. The van der Waals surface area contributed by atoms with E-state index in [0.29, 0.717) is 9.91 Å². The number of rotatable bonds is 6. The van der Waals surface area contributed by atoms with Crippen LogP contribution >= 0.6 is 0 Å². The topological polar surface area (TPSA) is 138 Å². The van der Waals surface area contributed by atoms with E-state index in [1.54, 1.807) is 36.4 Å². The van der Waals surface area contributed by atoms with Gasteiger partial charge in [0.15, 0.2) is 0 Å². The average molecular weight is 535 g/mol. The van der Waals surface area contributed by atoms with Gasteiger partial charge in [0.2, 0.25) is 0 Å². The Morgan fingerprint density at radius 1 is 0.781 bits per heavy atom. The molecule has 0 fully saturated rings. The quantitative estimate of drug-likeness (QED) is 0.249. The van der Waals surface area contributed by atoms with Gasteiger partial charge in [0, 0.05) is 5.56 Å². The van der Waals surface area contributed by atoms with Crippen LogP contribution in [0.15, 0.2) is 76.5 Å². The van der Waals surface area contributed by atoms with Crippen molar-refractivity contribution < 1.29 is 30.7 Å². The van der Waals surface area contributed by atoms with E-state index >= 15 is 0 Å². The number of amides is 1. The molecule has 3 aromatic carbocycles. The number of nitrogens with one attached hydrogen (secondary N) is 1. The maximum atomic E-state index is 12.3. The first-order chi connectivity index (χ1) is 14.9. The summed E-state index contributed by atoms with van der Waals surface area (Å²) < 4.78 is 66.9. The Morgan fingerprint density at radius 2 is 1.31 bits per heavy atom. The summed E-state index contributed by atoms with van der Waals surface area (Å²) in [5.41, 5.74) is 0.691. The molecule has 0 heterocycles. The minimum atomic E-state index is -4.67. The van der Waals surface area contributed by atoms with Crippen molar-refractivity contribution in [3.8, 4) is 0 Å². The largest absolute Gasteiger partial charge is 0.0622 e. The fourth-order valence-corrected chi connectivity index (χ4v) is 5.09. The van der Waals surface area contributed by atoms with Gasteiger partial charge in [0.25, 0.3) is 0 Å². The van der Waals surface area contributed by atoms with Gasteiger partial charge in [-0.3, -0.25) is 4.79 Å². The van der Waals surface area contributed by atoms with Crippen LogP contribution in [0.4, 0.5) is 5.69 Å². The van der Waals surface area contributed by atoms with Crippen LogP contribution in [0.3, 0.4) is 0 Å². The molecule has 166 valence electrons. The Hall–Kier alpha value is -2.75. The van der Waals surface area contributed by atoms with Gasteiger partial charge in [-0.25, -0.2) is 0 Å². The van der Waals surface area contributed by atoms with Crippen molar-refractivity contribution in [1.82, 2.24) is 0 Å². The summed E-state index contributed by atoms with van der Waals surface area (Å²) >= 11 is 1.17. The molecule has 0 aliphatic carbocycles. The molecule has 0 saturated carbocycles. The monoisotopic (exact) mass is 535 g/mol. The Morgan fingerprint density at radius 3 is 1.88 bits per heavy atom. The summed E-state index contributed by atoms with van der Waals surface area (Å²) in [6.07, 6.45) is 2.60. The van der Waals surface area contributed by atoms with E-state index in [1.807, 2.05) is 0 Å². The van der Waals surface area contributed by atoms with E-state index in [1.165, 1.54) is 53.3 Å². The standard InChI is InChI=1S/C21H18AsNO7S2/c22-17-10-8-14(19(12-17)31(25,26)27)6-7-15-9-11-18(13-20(15)32(28,29)30)23-21(24)16-4-2-1-3-5-16/h1-13H,22H2,(H,23,24)(H,25,26,27)(H,28,29,30). The maximum Gasteiger partial charge on any atom is 0.0397 e. The third-order valence-electron chi connectivity index (χ3n) is 4.34. The maximum absolute atomic E-state index is 12.3. The Kier molecular flexibility index (Phi) is 7.02. The van der Waals surface area contributed by atoms with Gasteiger partial charge in [-0.2, -0.15) is 0 Å². The molecular formula is C21H18AsNO7S2. The molecule has 1 atom stereocenters. The van der Waals surface area contributed by atoms with Crippen molar-refractivity contribution in [3.63, 3.8) is 0 Å². The van der Waals surface area contributed by atoms with Crippen molar-refractivity contribution >= 4 is 65.2 Å². The van der Waals surface area contributed by atoms with E-state index in [-0.39, 0.29) is 21.7 Å². The van der Waals surface area contributed by atoms with Crippen LogP contribution in [-0.2, 0) is 20.2 Å². The molecule has 0 aromatic heterocycles. The normalized spacial score (nSPS) is 12.1. The molecule has 0 bridgehead atoms. The first-order valence-corrected chi connectivity index (χ1v) is 13.1. The second-order valence-electron chi connectivity index (χ2n) is 6.65. The van der Waals surface area contributed by atoms with Crippen molar-refractivity contribution in [1.29, 1.82) is 0 Å².